The molecular formula is C21H25FN2O3S. The largest absolute Gasteiger partial charge is 0.483 e. The molecule has 0 saturated heterocycles. The number of ether oxygens (including phenoxy) is 1. The summed E-state index contributed by atoms with van der Waals surface area (Å²) >= 11 is 1.37. The Morgan fingerprint density at radius 1 is 1.07 bits per heavy atom. The van der Waals surface area contributed by atoms with E-state index in [4.69, 9.17) is 4.74 Å². The van der Waals surface area contributed by atoms with Gasteiger partial charge in [0, 0.05) is 5.75 Å². The lowest BCUT2D eigenvalue weighted by Crippen LogP contribution is -2.44. The maximum absolute atomic E-state index is 12.8. The van der Waals surface area contributed by atoms with Gasteiger partial charge >= 0.3 is 0 Å². The van der Waals surface area contributed by atoms with Crippen molar-refractivity contribution >= 4 is 23.6 Å². The van der Waals surface area contributed by atoms with Gasteiger partial charge in [0.2, 0.25) is 5.91 Å². The summed E-state index contributed by atoms with van der Waals surface area (Å²) in [5, 5.41) is 0. The van der Waals surface area contributed by atoms with Crippen molar-refractivity contribution < 1.29 is 18.7 Å². The monoisotopic (exact) mass is 404 g/mol. The Labute approximate surface area is 169 Å². The molecule has 2 aromatic rings. The Morgan fingerprint density at radius 2 is 1.75 bits per heavy atom. The highest BCUT2D eigenvalue weighted by Crippen LogP contribution is 2.27. The Kier molecular flexibility index (Phi) is 8.32. The van der Waals surface area contributed by atoms with Gasteiger partial charge in [-0.05, 0) is 47.7 Å². The number of thioether (sulfide) groups is 1. The van der Waals surface area contributed by atoms with Gasteiger partial charge in [0.05, 0.1) is 5.75 Å². The molecule has 0 aromatic heterocycles. The van der Waals surface area contributed by atoms with Gasteiger partial charge in [0.1, 0.15) is 11.6 Å². The average molecular weight is 405 g/mol. The van der Waals surface area contributed by atoms with Gasteiger partial charge in [-0.15, -0.1) is 11.8 Å². The minimum absolute atomic E-state index is 0.174. The van der Waals surface area contributed by atoms with E-state index in [1.165, 1.54) is 23.9 Å². The molecule has 0 heterocycles. The van der Waals surface area contributed by atoms with Crippen LogP contribution in [0.4, 0.5) is 4.39 Å². The lowest BCUT2D eigenvalue weighted by Gasteiger charge is -2.15. The summed E-state index contributed by atoms with van der Waals surface area (Å²) in [5.41, 5.74) is 7.71. The fraction of sp³-hybridized carbons (Fsp3) is 0.333. The van der Waals surface area contributed by atoms with Gasteiger partial charge in [-0.2, -0.15) is 0 Å². The molecule has 0 aliphatic carbocycles. The fourth-order valence-electron chi connectivity index (χ4n) is 2.44. The van der Waals surface area contributed by atoms with Crippen molar-refractivity contribution in [1.29, 1.82) is 0 Å². The van der Waals surface area contributed by atoms with Crippen LogP contribution in [0.3, 0.4) is 0 Å². The van der Waals surface area contributed by atoms with Crippen molar-refractivity contribution in [3.05, 3.63) is 65.0 Å². The fourth-order valence-corrected chi connectivity index (χ4v) is 3.23. The number of aryl methyl sites for hydroxylation is 1. The van der Waals surface area contributed by atoms with E-state index in [9.17, 15) is 14.0 Å². The molecule has 2 rings (SSSR count). The molecule has 5 nitrogen and oxygen atoms in total. The zero-order valence-electron chi connectivity index (χ0n) is 16.3. The third-order valence-corrected chi connectivity index (χ3v) is 4.91. The standard InChI is InChI=1S/C21H25FN2O3S/c1-14(2)18-9-4-15(3)10-19(18)27-11-20(25)23-24-21(26)13-28-12-16-5-7-17(22)8-6-16/h4-10,14H,11-13H2,1-3H3,(H,23,25)(H,24,26). The molecule has 0 aliphatic heterocycles. The van der Waals surface area contributed by atoms with Crippen molar-refractivity contribution in [2.75, 3.05) is 12.4 Å². The van der Waals surface area contributed by atoms with E-state index in [1.807, 2.05) is 25.1 Å². The number of hydrazine groups is 1. The van der Waals surface area contributed by atoms with Gasteiger partial charge < -0.3 is 4.74 Å². The minimum Gasteiger partial charge on any atom is -0.483 e. The number of amides is 2. The predicted octanol–water partition coefficient (Wildman–Crippen LogP) is 3.72. The topological polar surface area (TPSA) is 67.4 Å². The van der Waals surface area contributed by atoms with E-state index in [0.717, 1.165) is 16.7 Å². The van der Waals surface area contributed by atoms with Gasteiger partial charge in [0.25, 0.3) is 5.91 Å². The minimum atomic E-state index is -0.437. The highest BCUT2D eigenvalue weighted by Gasteiger charge is 2.11. The second kappa shape index (κ2) is 10.7. The molecule has 2 N–H and O–H groups in total. The number of carbonyl (C=O) groups excluding carboxylic acids is 2. The Hall–Kier alpha value is -2.54. The smallest absolute Gasteiger partial charge is 0.276 e. The molecule has 2 amide bonds. The number of halogens is 1. The molecule has 0 radical (unpaired) electrons. The summed E-state index contributed by atoms with van der Waals surface area (Å²) in [7, 11) is 0. The Bertz CT molecular complexity index is 810. The van der Waals surface area contributed by atoms with E-state index in [2.05, 4.69) is 24.7 Å². The third kappa shape index (κ3) is 7.23. The van der Waals surface area contributed by atoms with Crippen LogP contribution in [0.15, 0.2) is 42.5 Å². The first-order valence-electron chi connectivity index (χ1n) is 8.98. The van der Waals surface area contributed by atoms with E-state index in [-0.39, 0.29) is 30.0 Å². The van der Waals surface area contributed by atoms with Gasteiger partial charge in [-0.25, -0.2) is 4.39 Å². The molecule has 0 bridgehead atoms. The average Bonchev–Trinajstić information content (AvgIpc) is 2.66. The molecule has 28 heavy (non-hydrogen) atoms. The SMILES string of the molecule is Cc1ccc(C(C)C)c(OCC(=O)NNC(=O)CSCc2ccc(F)cc2)c1. The first-order chi connectivity index (χ1) is 13.3. The van der Waals surface area contributed by atoms with Gasteiger partial charge in [-0.1, -0.05) is 38.1 Å². The molecule has 0 saturated carbocycles. The number of benzene rings is 2. The summed E-state index contributed by atoms with van der Waals surface area (Å²) in [4.78, 5) is 23.7. The lowest BCUT2D eigenvalue weighted by molar-refractivity contribution is -0.128. The van der Waals surface area contributed by atoms with E-state index >= 15 is 0 Å². The Morgan fingerprint density at radius 3 is 2.43 bits per heavy atom. The number of carbonyl (C=O) groups is 2. The zero-order chi connectivity index (χ0) is 20.5. The van der Waals surface area contributed by atoms with Crippen LogP contribution in [0.1, 0.15) is 36.5 Å². The zero-order valence-corrected chi connectivity index (χ0v) is 17.1. The van der Waals surface area contributed by atoms with Crippen LogP contribution in [-0.2, 0) is 15.3 Å². The van der Waals surface area contributed by atoms with Crippen LogP contribution in [0, 0.1) is 12.7 Å². The van der Waals surface area contributed by atoms with Crippen LogP contribution in [-0.4, -0.2) is 24.2 Å². The van der Waals surface area contributed by atoms with Crippen molar-refractivity contribution in [3.63, 3.8) is 0 Å². The number of nitrogens with one attached hydrogen (secondary N) is 2. The summed E-state index contributed by atoms with van der Waals surface area (Å²) < 4.78 is 18.5. The quantitative estimate of drug-likeness (QED) is 0.658. The maximum atomic E-state index is 12.8. The lowest BCUT2D eigenvalue weighted by atomic mass is 10.0. The second-order valence-electron chi connectivity index (χ2n) is 6.70. The number of hydrogen-bond acceptors (Lipinski definition) is 4. The molecule has 0 unspecified atom stereocenters. The first-order valence-corrected chi connectivity index (χ1v) is 10.1. The molecule has 150 valence electrons. The van der Waals surface area contributed by atoms with Crippen LogP contribution in [0.5, 0.6) is 5.75 Å². The summed E-state index contributed by atoms with van der Waals surface area (Å²) in [6, 6.07) is 12.0. The van der Waals surface area contributed by atoms with Crippen LogP contribution < -0.4 is 15.6 Å². The van der Waals surface area contributed by atoms with E-state index in [1.54, 1.807) is 12.1 Å². The number of rotatable bonds is 8. The first kappa shape index (κ1) is 21.8. The maximum Gasteiger partial charge on any atom is 0.276 e. The van der Waals surface area contributed by atoms with Crippen LogP contribution >= 0.6 is 11.8 Å². The molecule has 0 spiro atoms. The normalized spacial score (nSPS) is 10.6. The van der Waals surface area contributed by atoms with Crippen molar-refractivity contribution in [1.82, 2.24) is 10.9 Å². The second-order valence-corrected chi connectivity index (χ2v) is 7.69. The van der Waals surface area contributed by atoms with Crippen LogP contribution in [0.2, 0.25) is 0 Å². The van der Waals surface area contributed by atoms with Crippen molar-refractivity contribution in [2.45, 2.75) is 32.4 Å². The molecular weight excluding hydrogens is 379 g/mol. The van der Waals surface area contributed by atoms with Gasteiger partial charge in [-0.3, -0.25) is 20.4 Å². The van der Waals surface area contributed by atoms with Crippen molar-refractivity contribution in [3.8, 4) is 5.75 Å². The molecule has 7 heteroatoms. The van der Waals surface area contributed by atoms with Crippen LogP contribution in [0.25, 0.3) is 0 Å². The molecule has 0 atom stereocenters. The molecule has 0 fully saturated rings. The number of hydrogen-bond donors (Lipinski definition) is 2. The van der Waals surface area contributed by atoms with Crippen molar-refractivity contribution in [2.24, 2.45) is 0 Å². The highest BCUT2D eigenvalue weighted by atomic mass is 32.2. The third-order valence-electron chi connectivity index (χ3n) is 3.91. The van der Waals surface area contributed by atoms with E-state index in [0.29, 0.717) is 11.5 Å². The highest BCUT2D eigenvalue weighted by molar-refractivity contribution is 7.99. The summed E-state index contributed by atoms with van der Waals surface area (Å²) in [6.07, 6.45) is 0. The predicted molar refractivity (Wildman–Crippen MR) is 110 cm³/mol. The molecule has 2 aromatic carbocycles. The summed E-state index contributed by atoms with van der Waals surface area (Å²) in [6.45, 7) is 5.88. The summed E-state index contributed by atoms with van der Waals surface area (Å²) in [5.74, 6) is 0.654. The van der Waals surface area contributed by atoms with Gasteiger partial charge in [0.15, 0.2) is 6.61 Å². The molecule has 0 aliphatic rings. The Balaban J connectivity index is 1.70. The van der Waals surface area contributed by atoms with E-state index < -0.39 is 5.91 Å².